The first kappa shape index (κ1) is 16.4. The van der Waals surface area contributed by atoms with Crippen molar-refractivity contribution in [1.82, 2.24) is 0 Å². The van der Waals surface area contributed by atoms with Crippen LogP contribution in [-0.2, 0) is 19.0 Å². The summed E-state index contributed by atoms with van der Waals surface area (Å²) < 4.78 is 15.9. The van der Waals surface area contributed by atoms with Crippen LogP contribution in [0.25, 0.3) is 0 Å². The van der Waals surface area contributed by atoms with Crippen LogP contribution in [0.1, 0.15) is 65.2 Å². The number of ether oxygens (including phenoxy) is 3. The van der Waals surface area contributed by atoms with Crippen LogP contribution in [0.5, 0.6) is 0 Å². The fourth-order valence-electron chi connectivity index (χ4n) is 2.37. The standard InChI is InChI=1S/C15H28O4/c1-13(19-14(2)16)9-7-5-3-4-6-8-10-15-17-11-12-18-15/h13,15H,3-12H2,1-2H3/t13-/m0/s1. The number of unbranched alkanes of at least 4 members (excludes halogenated alkanes) is 5. The van der Waals surface area contributed by atoms with Gasteiger partial charge in [-0.1, -0.05) is 25.7 Å². The molecule has 1 saturated heterocycles. The Morgan fingerprint density at radius 3 is 2.32 bits per heavy atom. The van der Waals surface area contributed by atoms with E-state index in [-0.39, 0.29) is 18.4 Å². The molecule has 1 atom stereocenters. The van der Waals surface area contributed by atoms with Crippen molar-refractivity contribution in [3.05, 3.63) is 0 Å². The lowest BCUT2D eigenvalue weighted by Gasteiger charge is -2.11. The molecule has 0 aromatic carbocycles. The van der Waals surface area contributed by atoms with E-state index in [1.165, 1.54) is 39.0 Å². The van der Waals surface area contributed by atoms with Crippen LogP contribution in [0.2, 0.25) is 0 Å². The first-order chi connectivity index (χ1) is 9.18. The van der Waals surface area contributed by atoms with Crippen molar-refractivity contribution < 1.29 is 19.0 Å². The zero-order chi connectivity index (χ0) is 13.9. The Balaban J connectivity index is 1.79. The van der Waals surface area contributed by atoms with Gasteiger partial charge in [0.1, 0.15) is 0 Å². The lowest BCUT2D eigenvalue weighted by Crippen LogP contribution is -2.11. The Labute approximate surface area is 116 Å². The summed E-state index contributed by atoms with van der Waals surface area (Å²) in [6.07, 6.45) is 9.47. The van der Waals surface area contributed by atoms with Crippen LogP contribution in [0, 0.1) is 0 Å². The maximum atomic E-state index is 10.7. The molecule has 1 aliphatic heterocycles. The molecule has 0 aliphatic carbocycles. The Hall–Kier alpha value is -0.610. The molecule has 1 fully saturated rings. The van der Waals surface area contributed by atoms with Gasteiger partial charge in [-0.25, -0.2) is 0 Å². The summed E-state index contributed by atoms with van der Waals surface area (Å²) in [6, 6.07) is 0. The van der Waals surface area contributed by atoms with E-state index in [1.54, 1.807) is 0 Å². The summed E-state index contributed by atoms with van der Waals surface area (Å²) in [5, 5.41) is 0. The predicted molar refractivity (Wildman–Crippen MR) is 73.9 cm³/mol. The number of hydrogen-bond donors (Lipinski definition) is 0. The molecule has 19 heavy (non-hydrogen) atoms. The quantitative estimate of drug-likeness (QED) is 0.451. The van der Waals surface area contributed by atoms with Crippen LogP contribution >= 0.6 is 0 Å². The minimum atomic E-state index is -0.177. The Morgan fingerprint density at radius 2 is 1.68 bits per heavy atom. The molecule has 4 nitrogen and oxygen atoms in total. The van der Waals surface area contributed by atoms with Gasteiger partial charge in [-0.05, 0) is 32.6 Å². The fraction of sp³-hybridized carbons (Fsp3) is 0.933. The second-order valence-electron chi connectivity index (χ2n) is 5.29. The van der Waals surface area contributed by atoms with Crippen molar-refractivity contribution in [3.63, 3.8) is 0 Å². The van der Waals surface area contributed by atoms with E-state index >= 15 is 0 Å². The van der Waals surface area contributed by atoms with Gasteiger partial charge in [0.2, 0.25) is 0 Å². The summed E-state index contributed by atoms with van der Waals surface area (Å²) in [5.74, 6) is -0.177. The van der Waals surface area contributed by atoms with Gasteiger partial charge in [-0.15, -0.1) is 0 Å². The van der Waals surface area contributed by atoms with E-state index in [0.717, 1.165) is 32.5 Å². The molecule has 0 aromatic rings. The number of carbonyl (C=O) groups excluding carboxylic acids is 1. The third kappa shape index (κ3) is 9.00. The summed E-state index contributed by atoms with van der Waals surface area (Å²) in [4.78, 5) is 10.7. The molecule has 0 radical (unpaired) electrons. The summed E-state index contributed by atoms with van der Waals surface area (Å²) in [5.41, 5.74) is 0. The van der Waals surface area contributed by atoms with E-state index in [2.05, 4.69) is 0 Å². The molecule has 1 aliphatic rings. The highest BCUT2D eigenvalue weighted by Crippen LogP contribution is 2.15. The Kier molecular flexibility index (Phi) is 8.84. The average molecular weight is 272 g/mol. The van der Waals surface area contributed by atoms with Crippen LogP contribution in [-0.4, -0.2) is 31.6 Å². The summed E-state index contributed by atoms with van der Waals surface area (Å²) >= 11 is 0. The van der Waals surface area contributed by atoms with E-state index < -0.39 is 0 Å². The highest BCUT2D eigenvalue weighted by molar-refractivity contribution is 5.66. The second kappa shape index (κ2) is 10.2. The molecule has 4 heteroatoms. The third-order valence-electron chi connectivity index (χ3n) is 3.36. The number of carbonyl (C=O) groups is 1. The smallest absolute Gasteiger partial charge is 0.302 e. The van der Waals surface area contributed by atoms with E-state index in [9.17, 15) is 4.79 Å². The maximum absolute atomic E-state index is 10.7. The second-order valence-corrected chi connectivity index (χ2v) is 5.29. The molecule has 0 bridgehead atoms. The SMILES string of the molecule is CC(=O)O[C@@H](C)CCCCCCCCC1OCCO1. The van der Waals surface area contributed by atoms with Gasteiger partial charge in [0.25, 0.3) is 0 Å². The van der Waals surface area contributed by atoms with Gasteiger partial charge in [0.15, 0.2) is 6.29 Å². The highest BCUT2D eigenvalue weighted by atomic mass is 16.7. The van der Waals surface area contributed by atoms with Gasteiger partial charge in [-0.2, -0.15) is 0 Å². The van der Waals surface area contributed by atoms with Gasteiger partial charge in [-0.3, -0.25) is 4.79 Å². The molecule has 0 aromatic heterocycles. The van der Waals surface area contributed by atoms with E-state index in [1.807, 2.05) is 6.92 Å². The molecule has 0 N–H and O–H groups in total. The molecule has 112 valence electrons. The number of hydrogen-bond acceptors (Lipinski definition) is 4. The lowest BCUT2D eigenvalue weighted by molar-refractivity contribution is -0.145. The van der Waals surface area contributed by atoms with E-state index in [4.69, 9.17) is 14.2 Å². The normalized spacial score (nSPS) is 17.6. The van der Waals surface area contributed by atoms with Crippen LogP contribution < -0.4 is 0 Å². The largest absolute Gasteiger partial charge is 0.463 e. The van der Waals surface area contributed by atoms with Crippen LogP contribution in [0.4, 0.5) is 0 Å². The molecule has 1 rings (SSSR count). The summed E-state index contributed by atoms with van der Waals surface area (Å²) in [6.45, 7) is 4.94. The Morgan fingerprint density at radius 1 is 1.11 bits per heavy atom. The van der Waals surface area contributed by atoms with Gasteiger partial charge in [0.05, 0.1) is 19.3 Å². The van der Waals surface area contributed by atoms with Crippen molar-refractivity contribution in [2.24, 2.45) is 0 Å². The van der Waals surface area contributed by atoms with Crippen LogP contribution in [0.15, 0.2) is 0 Å². The molecule has 0 amide bonds. The van der Waals surface area contributed by atoms with Crippen molar-refractivity contribution in [2.75, 3.05) is 13.2 Å². The number of esters is 1. The highest BCUT2D eigenvalue weighted by Gasteiger charge is 2.14. The third-order valence-corrected chi connectivity index (χ3v) is 3.36. The minimum Gasteiger partial charge on any atom is -0.463 e. The zero-order valence-electron chi connectivity index (χ0n) is 12.4. The van der Waals surface area contributed by atoms with E-state index in [0.29, 0.717) is 0 Å². The molecule has 0 unspecified atom stereocenters. The molecular formula is C15H28O4. The van der Waals surface area contributed by atoms with Gasteiger partial charge in [0, 0.05) is 6.92 Å². The molecule has 1 heterocycles. The first-order valence-electron chi connectivity index (χ1n) is 7.59. The maximum Gasteiger partial charge on any atom is 0.302 e. The predicted octanol–water partition coefficient (Wildman–Crippen LogP) is 3.43. The molecule has 0 spiro atoms. The van der Waals surface area contributed by atoms with Crippen molar-refractivity contribution >= 4 is 5.97 Å². The van der Waals surface area contributed by atoms with Crippen molar-refractivity contribution in [2.45, 2.75) is 77.6 Å². The van der Waals surface area contributed by atoms with Gasteiger partial charge < -0.3 is 14.2 Å². The molecule has 0 saturated carbocycles. The monoisotopic (exact) mass is 272 g/mol. The lowest BCUT2D eigenvalue weighted by atomic mass is 10.1. The summed E-state index contributed by atoms with van der Waals surface area (Å²) in [7, 11) is 0. The molecular weight excluding hydrogens is 244 g/mol. The van der Waals surface area contributed by atoms with Crippen LogP contribution in [0.3, 0.4) is 0 Å². The topological polar surface area (TPSA) is 44.8 Å². The first-order valence-corrected chi connectivity index (χ1v) is 7.59. The van der Waals surface area contributed by atoms with Crippen molar-refractivity contribution in [1.29, 1.82) is 0 Å². The van der Waals surface area contributed by atoms with Gasteiger partial charge >= 0.3 is 5.97 Å². The van der Waals surface area contributed by atoms with Crippen molar-refractivity contribution in [3.8, 4) is 0 Å². The minimum absolute atomic E-state index is 0.0598. The number of rotatable bonds is 10. The zero-order valence-corrected chi connectivity index (χ0v) is 12.4. The fourth-order valence-corrected chi connectivity index (χ4v) is 2.37. The Bertz CT molecular complexity index is 236. The average Bonchev–Trinajstić information content (AvgIpc) is 2.84.